The van der Waals surface area contributed by atoms with Gasteiger partial charge >= 0.3 is 17.9 Å². The zero-order chi connectivity index (χ0) is 18.3. The van der Waals surface area contributed by atoms with Crippen LogP contribution in [0.5, 0.6) is 0 Å². The van der Waals surface area contributed by atoms with E-state index >= 15 is 0 Å². The SMILES string of the molecule is COC(=O)/C=C(\I)CC(CCC(C)(C)C)(C(=O)OC)C(=O)OC. The maximum Gasteiger partial charge on any atom is 0.331 e. The van der Waals surface area contributed by atoms with E-state index in [2.05, 4.69) is 4.74 Å². The summed E-state index contributed by atoms with van der Waals surface area (Å²) in [6, 6.07) is 0. The topological polar surface area (TPSA) is 78.9 Å². The number of carbonyl (C=O) groups is 3. The van der Waals surface area contributed by atoms with Crippen LogP contribution in [0.4, 0.5) is 0 Å². The number of methoxy groups -OCH3 is 3. The van der Waals surface area contributed by atoms with Crippen LogP contribution in [0.15, 0.2) is 9.66 Å². The first kappa shape index (κ1) is 21.9. The third-order valence-electron chi connectivity index (χ3n) is 3.40. The molecular weight excluding hydrogens is 415 g/mol. The minimum atomic E-state index is -1.47. The van der Waals surface area contributed by atoms with Gasteiger partial charge in [-0.05, 0) is 44.4 Å². The molecule has 0 fully saturated rings. The summed E-state index contributed by atoms with van der Waals surface area (Å²) in [5.74, 6) is -1.88. The fraction of sp³-hybridized carbons (Fsp3) is 0.688. The highest BCUT2D eigenvalue weighted by Gasteiger charge is 2.49. The van der Waals surface area contributed by atoms with Crippen molar-refractivity contribution in [1.29, 1.82) is 0 Å². The summed E-state index contributed by atoms with van der Waals surface area (Å²) in [6.45, 7) is 6.05. The molecule has 7 heteroatoms. The van der Waals surface area contributed by atoms with Gasteiger partial charge in [0.1, 0.15) is 0 Å². The fourth-order valence-electron chi connectivity index (χ4n) is 2.03. The molecule has 0 aliphatic heterocycles. The monoisotopic (exact) mass is 440 g/mol. The molecule has 0 amide bonds. The zero-order valence-corrected chi connectivity index (χ0v) is 16.7. The van der Waals surface area contributed by atoms with E-state index in [-0.39, 0.29) is 18.3 Å². The van der Waals surface area contributed by atoms with Gasteiger partial charge in [0, 0.05) is 12.5 Å². The number of hydrogen-bond acceptors (Lipinski definition) is 6. The summed E-state index contributed by atoms with van der Waals surface area (Å²) >= 11 is 1.91. The van der Waals surface area contributed by atoms with Crippen LogP contribution >= 0.6 is 22.6 Å². The Bertz CT molecular complexity index is 459. The lowest BCUT2D eigenvalue weighted by Gasteiger charge is -2.31. The van der Waals surface area contributed by atoms with E-state index in [0.717, 1.165) is 0 Å². The lowest BCUT2D eigenvalue weighted by molar-refractivity contribution is -0.170. The van der Waals surface area contributed by atoms with Gasteiger partial charge in [-0.25, -0.2) is 4.79 Å². The first-order valence-corrected chi connectivity index (χ1v) is 8.21. The van der Waals surface area contributed by atoms with Crippen molar-refractivity contribution >= 4 is 40.5 Å². The predicted molar refractivity (Wildman–Crippen MR) is 93.9 cm³/mol. The molecule has 132 valence electrons. The molecular formula is C16H25IO6. The quantitative estimate of drug-likeness (QED) is 0.199. The Morgan fingerprint density at radius 3 is 1.74 bits per heavy atom. The molecule has 0 aliphatic carbocycles. The average molecular weight is 440 g/mol. The molecule has 0 saturated carbocycles. The van der Waals surface area contributed by atoms with Gasteiger partial charge in [0.05, 0.1) is 21.3 Å². The largest absolute Gasteiger partial charge is 0.468 e. The molecule has 0 aromatic rings. The maximum atomic E-state index is 12.4. The van der Waals surface area contributed by atoms with Crippen LogP contribution < -0.4 is 0 Å². The van der Waals surface area contributed by atoms with Crippen LogP contribution in [0, 0.1) is 10.8 Å². The Balaban J connectivity index is 5.72. The van der Waals surface area contributed by atoms with Crippen molar-refractivity contribution in [2.45, 2.75) is 40.0 Å². The molecule has 0 aromatic carbocycles. The zero-order valence-electron chi connectivity index (χ0n) is 14.5. The minimum Gasteiger partial charge on any atom is -0.468 e. The highest BCUT2D eigenvalue weighted by atomic mass is 127. The van der Waals surface area contributed by atoms with Gasteiger partial charge in [0.2, 0.25) is 0 Å². The van der Waals surface area contributed by atoms with Crippen molar-refractivity contribution in [2.75, 3.05) is 21.3 Å². The summed E-state index contributed by atoms with van der Waals surface area (Å²) in [6.07, 6.45) is 2.15. The molecule has 0 atom stereocenters. The number of rotatable bonds is 7. The molecule has 0 unspecified atom stereocenters. The van der Waals surface area contributed by atoms with Crippen LogP contribution in [0.2, 0.25) is 0 Å². The van der Waals surface area contributed by atoms with Crippen molar-refractivity contribution < 1.29 is 28.6 Å². The molecule has 23 heavy (non-hydrogen) atoms. The van der Waals surface area contributed by atoms with Gasteiger partial charge in [-0.15, -0.1) is 0 Å². The molecule has 0 rings (SSSR count). The Morgan fingerprint density at radius 2 is 1.39 bits per heavy atom. The smallest absolute Gasteiger partial charge is 0.331 e. The third kappa shape index (κ3) is 6.88. The lowest BCUT2D eigenvalue weighted by Crippen LogP contribution is -2.42. The van der Waals surface area contributed by atoms with E-state index in [9.17, 15) is 14.4 Å². The molecule has 6 nitrogen and oxygen atoms in total. The Hall–Kier alpha value is -1.12. The Kier molecular flexibility index (Phi) is 8.79. The number of hydrogen-bond donors (Lipinski definition) is 0. The van der Waals surface area contributed by atoms with E-state index in [4.69, 9.17) is 9.47 Å². The highest BCUT2D eigenvalue weighted by Crippen LogP contribution is 2.39. The minimum absolute atomic E-state index is 0.0259. The summed E-state index contributed by atoms with van der Waals surface area (Å²) in [5.41, 5.74) is -1.55. The predicted octanol–water partition coefficient (Wildman–Crippen LogP) is 3.03. The molecule has 0 spiro atoms. The number of allylic oxidation sites excluding steroid dienone is 1. The lowest BCUT2D eigenvalue weighted by atomic mass is 9.75. The van der Waals surface area contributed by atoms with E-state index in [1.165, 1.54) is 27.4 Å². The van der Waals surface area contributed by atoms with E-state index in [1.807, 2.05) is 43.4 Å². The molecule has 0 bridgehead atoms. The van der Waals surface area contributed by atoms with Crippen LogP contribution in [-0.4, -0.2) is 39.2 Å². The second-order valence-electron chi connectivity index (χ2n) is 6.42. The van der Waals surface area contributed by atoms with Gasteiger partial charge < -0.3 is 14.2 Å². The van der Waals surface area contributed by atoms with E-state index in [0.29, 0.717) is 10.0 Å². The molecule has 0 aromatic heterocycles. The first-order chi connectivity index (χ1) is 10.5. The van der Waals surface area contributed by atoms with Gasteiger partial charge in [-0.2, -0.15) is 0 Å². The van der Waals surface area contributed by atoms with Crippen molar-refractivity contribution in [3.05, 3.63) is 9.66 Å². The van der Waals surface area contributed by atoms with Crippen LogP contribution in [0.3, 0.4) is 0 Å². The summed E-state index contributed by atoms with van der Waals surface area (Å²) in [4.78, 5) is 36.1. The van der Waals surface area contributed by atoms with Gasteiger partial charge in [-0.3, -0.25) is 9.59 Å². The van der Waals surface area contributed by atoms with Gasteiger partial charge in [0.25, 0.3) is 0 Å². The molecule has 0 saturated heterocycles. The van der Waals surface area contributed by atoms with E-state index < -0.39 is 23.3 Å². The van der Waals surface area contributed by atoms with Crippen molar-refractivity contribution in [3.63, 3.8) is 0 Å². The number of ether oxygens (including phenoxy) is 3. The Labute approximate surface area is 151 Å². The summed E-state index contributed by atoms with van der Waals surface area (Å²) in [5, 5.41) is 0. The number of carbonyl (C=O) groups excluding carboxylic acids is 3. The summed E-state index contributed by atoms with van der Waals surface area (Å²) in [7, 11) is 3.72. The average Bonchev–Trinajstić information content (AvgIpc) is 2.48. The van der Waals surface area contributed by atoms with Gasteiger partial charge in [0.15, 0.2) is 5.41 Å². The van der Waals surface area contributed by atoms with Crippen LogP contribution in [0.1, 0.15) is 40.0 Å². The fourth-order valence-corrected chi connectivity index (χ4v) is 2.93. The van der Waals surface area contributed by atoms with E-state index in [1.54, 1.807) is 0 Å². The second kappa shape index (κ2) is 9.24. The normalized spacial score (nSPS) is 12.6. The number of esters is 3. The third-order valence-corrected chi connectivity index (χ3v) is 4.09. The standard InChI is InChI=1S/C16H25IO6/c1-15(2,3)7-8-16(13(19)22-5,14(20)23-6)10-11(17)9-12(18)21-4/h9H,7-8,10H2,1-6H3/b11-9-. The number of halogens is 1. The first-order valence-electron chi connectivity index (χ1n) is 7.13. The molecule has 0 aliphatic rings. The molecule has 0 N–H and O–H groups in total. The van der Waals surface area contributed by atoms with Crippen molar-refractivity contribution in [1.82, 2.24) is 0 Å². The molecule has 0 radical (unpaired) electrons. The second-order valence-corrected chi connectivity index (χ2v) is 7.80. The highest BCUT2D eigenvalue weighted by molar-refractivity contribution is 14.1. The van der Waals surface area contributed by atoms with Gasteiger partial charge in [-0.1, -0.05) is 20.8 Å². The van der Waals surface area contributed by atoms with Crippen LogP contribution in [-0.2, 0) is 28.6 Å². The van der Waals surface area contributed by atoms with Crippen LogP contribution in [0.25, 0.3) is 0 Å². The molecule has 0 heterocycles. The maximum absolute atomic E-state index is 12.4. The van der Waals surface area contributed by atoms with Crippen molar-refractivity contribution in [2.24, 2.45) is 10.8 Å². The Morgan fingerprint density at radius 1 is 0.913 bits per heavy atom. The summed E-state index contributed by atoms with van der Waals surface area (Å²) < 4.78 is 14.8. The van der Waals surface area contributed by atoms with Crippen molar-refractivity contribution in [3.8, 4) is 0 Å².